The molecule has 0 aliphatic rings. The molecule has 0 heterocycles. The van der Waals surface area contributed by atoms with Crippen LogP contribution in [0, 0.1) is 22.7 Å². The fourth-order valence-electron chi connectivity index (χ4n) is 1.60. The number of rotatable bonds is 2. The van der Waals surface area contributed by atoms with Crippen LogP contribution in [0.5, 0.6) is 0 Å². The predicted molar refractivity (Wildman–Crippen MR) is 67.8 cm³/mol. The van der Waals surface area contributed by atoms with Crippen LogP contribution in [0.3, 0.4) is 0 Å². The normalized spacial score (nSPS) is 10.4. The van der Waals surface area contributed by atoms with Crippen LogP contribution in [-0.2, 0) is 9.84 Å². The first kappa shape index (κ1) is 12.8. The fourth-order valence-corrected chi connectivity index (χ4v) is 2.95. The number of benzene rings is 2. The van der Waals surface area contributed by atoms with Gasteiger partial charge in [-0.25, -0.2) is 8.42 Å². The van der Waals surface area contributed by atoms with Crippen molar-refractivity contribution in [3.05, 3.63) is 59.7 Å². The molecule has 0 saturated carbocycles. The molecule has 0 N–H and O–H groups in total. The topological polar surface area (TPSA) is 81.7 Å². The van der Waals surface area contributed by atoms with E-state index >= 15 is 0 Å². The molecule has 2 rings (SSSR count). The minimum absolute atomic E-state index is 0.0432. The van der Waals surface area contributed by atoms with E-state index in [2.05, 4.69) is 0 Å². The molecule has 92 valence electrons. The van der Waals surface area contributed by atoms with E-state index in [0.717, 1.165) is 0 Å². The zero-order valence-electron chi connectivity index (χ0n) is 9.74. The zero-order valence-corrected chi connectivity index (χ0v) is 10.6. The molecular formula is C14H8N2O2S. The maximum atomic E-state index is 12.4. The average Bonchev–Trinajstić information content (AvgIpc) is 2.47. The van der Waals surface area contributed by atoms with E-state index in [1.54, 1.807) is 0 Å². The first-order valence-electron chi connectivity index (χ1n) is 5.33. The van der Waals surface area contributed by atoms with Crippen molar-refractivity contribution in [1.29, 1.82) is 10.5 Å². The SMILES string of the molecule is N#Cc1cccc(S(=O)(=O)c2cccc(C#N)c2)c1. The van der Waals surface area contributed by atoms with Crippen LogP contribution >= 0.6 is 0 Å². The van der Waals surface area contributed by atoms with Gasteiger partial charge in [-0.2, -0.15) is 10.5 Å². The summed E-state index contributed by atoms with van der Waals surface area (Å²) in [6.07, 6.45) is 0. The van der Waals surface area contributed by atoms with Gasteiger partial charge in [0.1, 0.15) is 0 Å². The second kappa shape index (κ2) is 4.93. The molecule has 0 bridgehead atoms. The fraction of sp³-hybridized carbons (Fsp3) is 0. The van der Waals surface area contributed by atoms with E-state index in [9.17, 15) is 8.42 Å². The molecule has 2 aromatic rings. The number of hydrogen-bond acceptors (Lipinski definition) is 4. The molecule has 0 fully saturated rings. The molecular weight excluding hydrogens is 260 g/mol. The summed E-state index contributed by atoms with van der Waals surface area (Å²) < 4.78 is 24.7. The lowest BCUT2D eigenvalue weighted by Gasteiger charge is -2.05. The van der Waals surface area contributed by atoms with Crippen molar-refractivity contribution in [2.45, 2.75) is 9.79 Å². The van der Waals surface area contributed by atoms with Gasteiger partial charge >= 0.3 is 0 Å². The van der Waals surface area contributed by atoms with Gasteiger partial charge in [-0.3, -0.25) is 0 Å². The Morgan fingerprint density at radius 1 is 0.789 bits per heavy atom. The van der Waals surface area contributed by atoms with Crippen molar-refractivity contribution in [2.75, 3.05) is 0 Å². The molecule has 0 spiro atoms. The first-order valence-corrected chi connectivity index (χ1v) is 6.81. The number of nitriles is 2. The lowest BCUT2D eigenvalue weighted by Crippen LogP contribution is -2.02. The van der Waals surface area contributed by atoms with Crippen LogP contribution in [-0.4, -0.2) is 8.42 Å². The van der Waals surface area contributed by atoms with Crippen molar-refractivity contribution in [1.82, 2.24) is 0 Å². The van der Waals surface area contributed by atoms with Gasteiger partial charge in [-0.1, -0.05) is 12.1 Å². The first-order chi connectivity index (χ1) is 9.07. The molecule has 5 heteroatoms. The van der Waals surface area contributed by atoms with Gasteiger partial charge in [0.05, 0.1) is 33.1 Å². The molecule has 0 aliphatic heterocycles. The summed E-state index contributed by atoms with van der Waals surface area (Å²) in [6.45, 7) is 0. The Hall–Kier alpha value is -2.63. The van der Waals surface area contributed by atoms with E-state index in [-0.39, 0.29) is 20.9 Å². The molecule has 2 aromatic carbocycles. The third-order valence-corrected chi connectivity index (χ3v) is 4.30. The summed E-state index contributed by atoms with van der Waals surface area (Å²) in [5.41, 5.74) is 0.551. The Morgan fingerprint density at radius 3 is 1.58 bits per heavy atom. The van der Waals surface area contributed by atoms with E-state index in [1.165, 1.54) is 48.5 Å². The molecule has 0 unspecified atom stereocenters. The lowest BCUT2D eigenvalue weighted by molar-refractivity contribution is 0.596. The van der Waals surface area contributed by atoms with E-state index < -0.39 is 9.84 Å². The number of nitrogens with zero attached hydrogens (tertiary/aromatic N) is 2. The number of sulfone groups is 1. The summed E-state index contributed by atoms with van der Waals surface area (Å²) in [6, 6.07) is 15.4. The average molecular weight is 268 g/mol. The highest BCUT2D eigenvalue weighted by Gasteiger charge is 2.18. The highest BCUT2D eigenvalue weighted by molar-refractivity contribution is 7.91. The monoisotopic (exact) mass is 268 g/mol. The van der Waals surface area contributed by atoms with Crippen LogP contribution in [0.1, 0.15) is 11.1 Å². The van der Waals surface area contributed by atoms with E-state index in [0.29, 0.717) is 0 Å². The smallest absolute Gasteiger partial charge is 0.206 e. The van der Waals surface area contributed by atoms with Gasteiger partial charge in [-0.15, -0.1) is 0 Å². The Morgan fingerprint density at radius 2 is 1.21 bits per heavy atom. The quantitative estimate of drug-likeness (QED) is 0.836. The third kappa shape index (κ3) is 2.47. The predicted octanol–water partition coefficient (Wildman–Crippen LogP) is 2.26. The van der Waals surface area contributed by atoms with Crippen molar-refractivity contribution in [2.24, 2.45) is 0 Å². The molecule has 0 aromatic heterocycles. The Balaban J connectivity index is 2.59. The molecule has 0 atom stereocenters. The summed E-state index contributed by atoms with van der Waals surface area (Å²) in [7, 11) is -3.71. The zero-order chi connectivity index (χ0) is 13.9. The highest BCUT2D eigenvalue weighted by atomic mass is 32.2. The molecule has 4 nitrogen and oxygen atoms in total. The lowest BCUT2D eigenvalue weighted by atomic mass is 10.2. The Labute approximate surface area is 111 Å². The van der Waals surface area contributed by atoms with Gasteiger partial charge in [0.2, 0.25) is 9.84 Å². The minimum atomic E-state index is -3.71. The van der Waals surface area contributed by atoms with Crippen molar-refractivity contribution < 1.29 is 8.42 Å². The molecule has 0 amide bonds. The summed E-state index contributed by atoms with van der Waals surface area (Å²) in [4.78, 5) is 0.0864. The van der Waals surface area contributed by atoms with Gasteiger partial charge in [0.25, 0.3) is 0 Å². The van der Waals surface area contributed by atoms with E-state index in [1.807, 2.05) is 12.1 Å². The third-order valence-electron chi connectivity index (χ3n) is 2.55. The maximum absolute atomic E-state index is 12.4. The maximum Gasteiger partial charge on any atom is 0.206 e. The Bertz CT molecular complexity index is 748. The van der Waals surface area contributed by atoms with Crippen LogP contribution in [0.2, 0.25) is 0 Å². The van der Waals surface area contributed by atoms with Gasteiger partial charge in [0.15, 0.2) is 0 Å². The van der Waals surface area contributed by atoms with Gasteiger partial charge in [0, 0.05) is 0 Å². The van der Waals surface area contributed by atoms with Crippen LogP contribution in [0.4, 0.5) is 0 Å². The van der Waals surface area contributed by atoms with Crippen LogP contribution < -0.4 is 0 Å². The van der Waals surface area contributed by atoms with Crippen LogP contribution in [0.25, 0.3) is 0 Å². The molecule has 0 radical (unpaired) electrons. The van der Waals surface area contributed by atoms with E-state index in [4.69, 9.17) is 10.5 Å². The van der Waals surface area contributed by atoms with Crippen molar-refractivity contribution >= 4 is 9.84 Å². The van der Waals surface area contributed by atoms with Crippen molar-refractivity contribution in [3.8, 4) is 12.1 Å². The van der Waals surface area contributed by atoms with Gasteiger partial charge in [-0.05, 0) is 36.4 Å². The van der Waals surface area contributed by atoms with Crippen LogP contribution in [0.15, 0.2) is 58.3 Å². The highest BCUT2D eigenvalue weighted by Crippen LogP contribution is 2.22. The summed E-state index contributed by atoms with van der Waals surface area (Å²) in [5.74, 6) is 0. The largest absolute Gasteiger partial charge is 0.219 e. The Kier molecular flexibility index (Phi) is 3.33. The number of hydrogen-bond donors (Lipinski definition) is 0. The second-order valence-electron chi connectivity index (χ2n) is 3.78. The molecule has 0 aliphatic carbocycles. The minimum Gasteiger partial charge on any atom is -0.219 e. The summed E-state index contributed by atoms with van der Waals surface area (Å²) >= 11 is 0. The second-order valence-corrected chi connectivity index (χ2v) is 5.73. The summed E-state index contributed by atoms with van der Waals surface area (Å²) in [5, 5.41) is 17.6. The molecule has 19 heavy (non-hydrogen) atoms. The standard InChI is InChI=1S/C14H8N2O2S/c15-9-11-3-1-5-13(7-11)19(17,18)14-6-2-4-12(8-14)10-16/h1-8H. The molecule has 0 saturated heterocycles. The van der Waals surface area contributed by atoms with Gasteiger partial charge < -0.3 is 0 Å². The van der Waals surface area contributed by atoms with Crippen molar-refractivity contribution in [3.63, 3.8) is 0 Å².